The summed E-state index contributed by atoms with van der Waals surface area (Å²) in [6.07, 6.45) is 15.4. The summed E-state index contributed by atoms with van der Waals surface area (Å²) in [5.41, 5.74) is 21.0. The maximum absolute atomic E-state index is 13.2. The lowest BCUT2D eigenvalue weighted by Crippen LogP contribution is -2.28. The fraction of sp³-hybridized carbons (Fsp3) is 0.168. The molecule has 35 nitrogen and oxygen atoms in total. The highest BCUT2D eigenvalue weighted by molar-refractivity contribution is 6.03. The molecule has 0 saturated heterocycles. The number of nitrogens with zero attached hydrogens (tertiary/aromatic N) is 12. The molecule has 11 aromatic heterocycles. The number of benzene rings is 7. The fourth-order valence-corrected chi connectivity index (χ4v) is 14.8. The minimum absolute atomic E-state index is 0.106. The van der Waals surface area contributed by atoms with Crippen LogP contribution in [0.2, 0.25) is 0 Å². The smallest absolute Gasteiger partial charge is 0.321 e. The molecule has 18 rings (SSSR count). The number of aromatic nitrogens is 16. The zero-order valence-corrected chi connectivity index (χ0v) is 76.0. The van der Waals surface area contributed by atoms with Crippen molar-refractivity contribution in [3.63, 3.8) is 0 Å². The molecular weight excluding hydrogens is 1740 g/mol. The summed E-state index contributed by atoms with van der Waals surface area (Å²) in [5.74, 6) is 2.90. The summed E-state index contributed by atoms with van der Waals surface area (Å²) in [6, 6.07) is 62.2. The third kappa shape index (κ3) is 23.9. The maximum atomic E-state index is 13.2. The number of pyridine rings is 6. The molecule has 694 valence electrons. The zero-order valence-electron chi connectivity index (χ0n) is 76.0. The van der Waals surface area contributed by atoms with Gasteiger partial charge in [-0.15, -0.1) is 0 Å². The second kappa shape index (κ2) is 44.9. The summed E-state index contributed by atoms with van der Waals surface area (Å²) in [5, 5.41) is 24.5. The lowest BCUT2D eigenvalue weighted by atomic mass is 9.98. The van der Waals surface area contributed by atoms with Gasteiger partial charge in [-0.3, -0.25) is 55.8 Å². The normalized spacial score (nSPS) is 10.8. The number of nitrogens with one attached hydrogen (secondary N) is 13. The lowest BCUT2D eigenvalue weighted by Gasteiger charge is -2.13. The molecular formula is C101H98FN25O10. The highest BCUT2D eigenvalue weighted by Crippen LogP contribution is 2.39. The van der Waals surface area contributed by atoms with Crippen molar-refractivity contribution in [1.29, 1.82) is 0 Å². The number of amides is 9. The summed E-state index contributed by atoms with van der Waals surface area (Å²) in [7, 11) is 3.26. The van der Waals surface area contributed by atoms with Crippen LogP contribution in [-0.4, -0.2) is 169 Å². The number of urea groups is 4. The van der Waals surface area contributed by atoms with Crippen LogP contribution in [0.15, 0.2) is 267 Å². The van der Waals surface area contributed by atoms with Gasteiger partial charge in [0.05, 0.1) is 82.6 Å². The summed E-state index contributed by atoms with van der Waals surface area (Å²) >= 11 is 0. The van der Waals surface area contributed by atoms with Crippen molar-refractivity contribution in [1.82, 2.24) is 105 Å². The molecule has 36 heteroatoms. The van der Waals surface area contributed by atoms with Gasteiger partial charge in [0.1, 0.15) is 47.2 Å². The van der Waals surface area contributed by atoms with E-state index < -0.39 is 0 Å². The Labute approximate surface area is 784 Å². The number of imidazole rings is 5. The van der Waals surface area contributed by atoms with Crippen molar-refractivity contribution in [2.75, 3.05) is 81.5 Å². The Kier molecular flexibility index (Phi) is 30.7. The number of aromatic amines is 4. The molecule has 13 N–H and O–H groups in total. The standard InChI is InChI=1S/C29H28N6O3.C26H23FN8O2.C23H24N6O3.C23H23N5O2/c1-4-30-29(37)34-28-32-25-15-21(14-23(27(25)33-28)24-10-5-6-11-31-24)20-12-18(2)35(26(36)16-20)17-19-8-7-9-22(13-19)38-3;1-2-28-26(37)34-25-32-21-12-18(11-19(23(21)33-25)20-5-3-4-10-29-20)35-14-22(31-15-35)24(36)30-13-16-6-8-17(27)9-7-16;1-3-25-23(30)29-22-27-20-12-16(15-5-4-7-24-14-15)11-18(21(20)28-22)19-13-17(6-8-26-19)32-10-9-31-2;1-3-25-23(29)28-22-26-20-13-17(16-8-6-10-24-14-16)12-19(21(20)27-22)15-7-5-9-18(11-15)30-4-2/h5-16H,4,17H2,1-3H3,(H3,30,32,33,34,37);3-12,14-15H,2,13H2,1H3,(H,30,36)(H3,28,32,33,34,37);4-8,11-14H,3,9-10H2,1-2H3,(H3,25,27,28,29,30);5-14H,3-4H2,1-2H3,(H3,25,26,27,28,29). The Bertz CT molecular complexity index is 7340. The summed E-state index contributed by atoms with van der Waals surface area (Å²) in [6.45, 7) is 15.5. The summed E-state index contributed by atoms with van der Waals surface area (Å²) < 4.78 is 38.4. The Morgan fingerprint density at radius 1 is 0.409 bits per heavy atom. The van der Waals surface area contributed by atoms with Gasteiger partial charge in [0.15, 0.2) is 0 Å². The number of hydrogen-bond donors (Lipinski definition) is 13. The molecule has 9 amide bonds. The predicted molar refractivity (Wildman–Crippen MR) is 527 cm³/mol. The Morgan fingerprint density at radius 3 is 1.41 bits per heavy atom. The second-order valence-corrected chi connectivity index (χ2v) is 30.7. The van der Waals surface area contributed by atoms with Gasteiger partial charge in [0.2, 0.25) is 23.8 Å². The van der Waals surface area contributed by atoms with Crippen LogP contribution in [-0.2, 0) is 17.8 Å². The SMILES string of the molecule is CCNC(=O)Nc1nc2c(-c3cc(OCCOC)ccn3)cc(-c3cccnc3)cc2[nH]1.CCNC(=O)Nc1nc2c(-c3cccc(OCC)c3)cc(-c3cccnc3)cc2[nH]1.CCNC(=O)Nc1nc2c(-c3ccccn3)cc(-c3cc(C)n(Cc4cccc(OC)c4)c(=O)c3)cc2[nH]1.CCNC(=O)Nc1nc2c(-c3ccccn3)cc(-n3cnc(C(=O)NCc4ccc(F)cc4)c3)cc2[nH]1. The van der Waals surface area contributed by atoms with Gasteiger partial charge in [0.25, 0.3) is 11.5 Å². The van der Waals surface area contributed by atoms with Crippen LogP contribution < -0.4 is 67.6 Å². The topological polar surface area (TPSA) is 450 Å². The number of rotatable bonds is 28. The number of methoxy groups -OCH3 is 2. The van der Waals surface area contributed by atoms with Gasteiger partial charge >= 0.3 is 24.1 Å². The Balaban J connectivity index is 0.000000139. The van der Waals surface area contributed by atoms with E-state index in [-0.39, 0.29) is 53.6 Å². The molecule has 7 aromatic carbocycles. The van der Waals surface area contributed by atoms with Crippen LogP contribution in [0, 0.1) is 12.7 Å². The Morgan fingerprint density at radius 2 is 0.898 bits per heavy atom. The number of halogens is 1. The van der Waals surface area contributed by atoms with Crippen LogP contribution in [0.3, 0.4) is 0 Å². The van der Waals surface area contributed by atoms with E-state index >= 15 is 0 Å². The second-order valence-electron chi connectivity index (χ2n) is 30.7. The number of fused-ring (bicyclic) bond motifs is 4. The highest BCUT2D eigenvalue weighted by Gasteiger charge is 2.23. The number of aryl methyl sites for hydroxylation is 1. The number of hydrogen-bond acceptors (Lipinski definition) is 20. The number of carbonyl (C=O) groups excluding carboxylic acids is 5. The van der Waals surface area contributed by atoms with Crippen LogP contribution in [0.1, 0.15) is 61.9 Å². The van der Waals surface area contributed by atoms with Crippen molar-refractivity contribution in [3.05, 3.63) is 301 Å². The Hall–Kier alpha value is -17.8. The van der Waals surface area contributed by atoms with Crippen LogP contribution in [0.25, 0.3) is 128 Å². The lowest BCUT2D eigenvalue weighted by molar-refractivity contribution is 0.0946. The van der Waals surface area contributed by atoms with E-state index in [2.05, 4.69) is 124 Å². The monoisotopic (exact) mass is 1840 g/mol. The largest absolute Gasteiger partial charge is 0.497 e. The molecule has 137 heavy (non-hydrogen) atoms. The van der Waals surface area contributed by atoms with Gasteiger partial charge < -0.3 is 74.6 Å². The van der Waals surface area contributed by atoms with E-state index in [1.807, 2.05) is 212 Å². The fourth-order valence-electron chi connectivity index (χ4n) is 14.8. The van der Waals surface area contributed by atoms with Crippen molar-refractivity contribution in [2.24, 2.45) is 0 Å². The van der Waals surface area contributed by atoms with Crippen molar-refractivity contribution >= 4 is 98.0 Å². The van der Waals surface area contributed by atoms with E-state index in [4.69, 9.17) is 18.9 Å². The number of carbonyl (C=O) groups is 5. The zero-order chi connectivity index (χ0) is 95.7. The van der Waals surface area contributed by atoms with E-state index in [9.17, 15) is 33.2 Å². The third-order valence-corrected chi connectivity index (χ3v) is 21.1. The van der Waals surface area contributed by atoms with E-state index in [0.717, 1.165) is 112 Å². The number of ether oxygens (including phenoxy) is 4. The van der Waals surface area contributed by atoms with Crippen molar-refractivity contribution in [3.8, 4) is 101 Å². The molecule has 0 atom stereocenters. The first-order chi connectivity index (χ1) is 66.8. The quantitative estimate of drug-likeness (QED) is 0.0203. The maximum Gasteiger partial charge on any atom is 0.321 e. The van der Waals surface area contributed by atoms with E-state index in [0.29, 0.717) is 127 Å². The van der Waals surface area contributed by atoms with E-state index in [1.165, 1.54) is 12.1 Å². The van der Waals surface area contributed by atoms with Crippen LogP contribution in [0.5, 0.6) is 17.2 Å². The molecule has 0 saturated carbocycles. The van der Waals surface area contributed by atoms with Crippen LogP contribution >= 0.6 is 0 Å². The molecule has 18 aromatic rings. The molecule has 0 fully saturated rings. The minimum Gasteiger partial charge on any atom is -0.497 e. The molecule has 0 spiro atoms. The highest BCUT2D eigenvalue weighted by atomic mass is 19.1. The molecule has 0 unspecified atom stereocenters. The van der Waals surface area contributed by atoms with Gasteiger partial charge in [-0.05, 0) is 214 Å². The first kappa shape index (κ1) is 93.8. The first-order valence-corrected chi connectivity index (χ1v) is 44.0. The average molecular weight is 1840 g/mol. The molecule has 0 bridgehead atoms. The predicted octanol–water partition coefficient (Wildman–Crippen LogP) is 17.7. The minimum atomic E-state index is -0.368. The molecule has 0 radical (unpaired) electrons. The summed E-state index contributed by atoms with van der Waals surface area (Å²) in [4.78, 5) is 131. The van der Waals surface area contributed by atoms with Gasteiger partial charge in [-0.2, -0.15) is 0 Å². The van der Waals surface area contributed by atoms with Crippen molar-refractivity contribution < 1.29 is 47.3 Å². The average Bonchev–Trinajstić information content (AvgIpc) is 1.78. The van der Waals surface area contributed by atoms with Gasteiger partial charge in [-0.1, -0.05) is 60.7 Å². The molecule has 0 aliphatic heterocycles. The first-order valence-electron chi connectivity index (χ1n) is 44.0. The molecule has 0 aliphatic rings. The number of H-pyrrole nitrogens is 4. The third-order valence-electron chi connectivity index (χ3n) is 21.1. The van der Waals surface area contributed by atoms with E-state index in [1.54, 1.807) is 97.3 Å². The van der Waals surface area contributed by atoms with Gasteiger partial charge in [-0.25, -0.2) is 48.5 Å². The molecule has 11 heterocycles. The number of anilines is 4. The van der Waals surface area contributed by atoms with Crippen LogP contribution in [0.4, 0.5) is 47.4 Å². The van der Waals surface area contributed by atoms with Gasteiger partial charge in [0, 0.05) is 146 Å². The van der Waals surface area contributed by atoms with Crippen molar-refractivity contribution in [2.45, 2.75) is 54.6 Å². The molecule has 0 aliphatic carbocycles.